The van der Waals surface area contributed by atoms with Crippen molar-refractivity contribution in [2.45, 2.75) is 111 Å². The standard InChI is InChI=1S/C16H34O.C9H12N4O/c1-3-5-7-9-11-13-15-17-16-14-12-10-8-6-4-2;1-5-3-10-8(12-5)7(14)9-11-4-6(2)13-9/h3-16H2,1-2H3;3-4,7,14H,1-2H3,(H,10,12)(H,11,13). The average molecular weight is 435 g/mol. The largest absolute Gasteiger partial charge is 0.381 e. The summed E-state index contributed by atoms with van der Waals surface area (Å²) < 4.78 is 5.65. The van der Waals surface area contributed by atoms with Gasteiger partial charge in [-0.05, 0) is 26.7 Å². The van der Waals surface area contributed by atoms with E-state index in [1.54, 1.807) is 12.4 Å². The van der Waals surface area contributed by atoms with Crippen molar-refractivity contribution in [1.29, 1.82) is 0 Å². The van der Waals surface area contributed by atoms with E-state index in [1.807, 2.05) is 13.8 Å². The summed E-state index contributed by atoms with van der Waals surface area (Å²) in [4.78, 5) is 14.0. The van der Waals surface area contributed by atoms with Crippen LogP contribution in [-0.2, 0) is 4.74 Å². The third-order valence-electron chi connectivity index (χ3n) is 5.25. The lowest BCUT2D eigenvalue weighted by atomic mass is 10.1. The SMILES string of the molecule is CCCCCCCCOCCCCCCCC.Cc1c[nH]c(C(O)c2nc(C)c[nH]2)n1. The van der Waals surface area contributed by atoms with Crippen molar-refractivity contribution < 1.29 is 9.84 Å². The first kappa shape index (κ1) is 27.4. The van der Waals surface area contributed by atoms with Crippen LogP contribution >= 0.6 is 0 Å². The highest BCUT2D eigenvalue weighted by Crippen LogP contribution is 2.15. The quantitative estimate of drug-likeness (QED) is 0.261. The van der Waals surface area contributed by atoms with Gasteiger partial charge in [0, 0.05) is 25.6 Å². The van der Waals surface area contributed by atoms with Gasteiger partial charge in [0.25, 0.3) is 0 Å². The zero-order valence-corrected chi connectivity index (χ0v) is 20.4. The molecule has 0 amide bonds. The zero-order chi connectivity index (χ0) is 22.7. The molecule has 0 aliphatic heterocycles. The highest BCUT2D eigenvalue weighted by Gasteiger charge is 2.16. The molecule has 2 rings (SSSR count). The van der Waals surface area contributed by atoms with E-state index in [-0.39, 0.29) is 0 Å². The van der Waals surface area contributed by atoms with Crippen LogP contribution in [0.4, 0.5) is 0 Å². The summed E-state index contributed by atoms with van der Waals surface area (Å²) in [5, 5.41) is 9.83. The van der Waals surface area contributed by atoms with Gasteiger partial charge in [-0.25, -0.2) is 9.97 Å². The van der Waals surface area contributed by atoms with Crippen LogP contribution in [0.3, 0.4) is 0 Å². The number of hydrogen-bond acceptors (Lipinski definition) is 4. The molecule has 2 aromatic rings. The number of imidazole rings is 2. The Balaban J connectivity index is 0.000000314. The minimum Gasteiger partial charge on any atom is -0.381 e. The van der Waals surface area contributed by atoms with Crippen molar-refractivity contribution in [1.82, 2.24) is 19.9 Å². The molecule has 0 saturated heterocycles. The number of aromatic amines is 2. The number of aliphatic hydroxyl groups is 1. The lowest BCUT2D eigenvalue weighted by Gasteiger charge is -2.04. The minimum absolute atomic E-state index is 0.511. The predicted molar refractivity (Wildman–Crippen MR) is 128 cm³/mol. The van der Waals surface area contributed by atoms with Gasteiger partial charge in [0.2, 0.25) is 0 Å². The number of unbranched alkanes of at least 4 members (excludes halogenated alkanes) is 10. The summed E-state index contributed by atoms with van der Waals surface area (Å²) >= 11 is 0. The number of ether oxygens (including phenoxy) is 1. The van der Waals surface area contributed by atoms with E-state index < -0.39 is 6.10 Å². The van der Waals surface area contributed by atoms with E-state index >= 15 is 0 Å². The van der Waals surface area contributed by atoms with Gasteiger partial charge in [0.1, 0.15) is 11.6 Å². The van der Waals surface area contributed by atoms with E-state index in [2.05, 4.69) is 33.8 Å². The van der Waals surface area contributed by atoms with Crippen LogP contribution in [0.15, 0.2) is 12.4 Å². The lowest BCUT2D eigenvalue weighted by Crippen LogP contribution is -2.04. The first-order valence-corrected chi connectivity index (χ1v) is 12.4. The molecule has 3 N–H and O–H groups in total. The molecule has 0 saturated carbocycles. The van der Waals surface area contributed by atoms with Gasteiger partial charge in [-0.2, -0.15) is 0 Å². The summed E-state index contributed by atoms with van der Waals surface area (Å²) in [6, 6.07) is 0. The number of aromatic nitrogens is 4. The summed E-state index contributed by atoms with van der Waals surface area (Å²) in [5.41, 5.74) is 1.70. The molecule has 2 aromatic heterocycles. The van der Waals surface area contributed by atoms with Crippen LogP contribution in [0.2, 0.25) is 0 Å². The van der Waals surface area contributed by atoms with Crippen molar-refractivity contribution in [3.05, 3.63) is 35.4 Å². The second kappa shape index (κ2) is 18.0. The fourth-order valence-electron chi connectivity index (χ4n) is 3.35. The molecule has 0 aliphatic rings. The van der Waals surface area contributed by atoms with Crippen LogP contribution < -0.4 is 0 Å². The summed E-state index contributed by atoms with van der Waals surface area (Å²) in [6.45, 7) is 10.2. The molecule has 0 radical (unpaired) electrons. The molecule has 0 aliphatic carbocycles. The van der Waals surface area contributed by atoms with Crippen LogP contribution in [-0.4, -0.2) is 38.3 Å². The molecule has 6 heteroatoms. The Labute approximate surface area is 189 Å². The second-order valence-electron chi connectivity index (χ2n) is 8.40. The Morgan fingerprint density at radius 3 is 1.45 bits per heavy atom. The van der Waals surface area contributed by atoms with Crippen LogP contribution in [0.5, 0.6) is 0 Å². The molecular formula is C25H46N4O2. The Morgan fingerprint density at radius 1 is 0.710 bits per heavy atom. The Morgan fingerprint density at radius 2 is 1.10 bits per heavy atom. The maximum absolute atomic E-state index is 9.83. The molecule has 0 bridgehead atoms. The smallest absolute Gasteiger partial charge is 0.169 e. The molecule has 31 heavy (non-hydrogen) atoms. The molecule has 0 atom stereocenters. The van der Waals surface area contributed by atoms with Crippen LogP contribution in [0.1, 0.15) is 120 Å². The molecule has 0 fully saturated rings. The first-order chi connectivity index (χ1) is 15.1. The number of hydrogen-bond donors (Lipinski definition) is 3. The van der Waals surface area contributed by atoms with E-state index in [1.165, 1.54) is 77.0 Å². The third-order valence-corrected chi connectivity index (χ3v) is 5.25. The third kappa shape index (κ3) is 13.4. The van der Waals surface area contributed by atoms with Gasteiger partial charge in [0.05, 0.1) is 11.4 Å². The number of nitrogens with one attached hydrogen (secondary N) is 2. The number of nitrogens with zero attached hydrogens (tertiary/aromatic N) is 2. The minimum atomic E-state index is -0.808. The summed E-state index contributed by atoms with van der Waals surface area (Å²) in [6.07, 6.45) is 19.0. The average Bonchev–Trinajstić information content (AvgIpc) is 3.40. The number of rotatable bonds is 16. The van der Waals surface area contributed by atoms with Crippen molar-refractivity contribution in [2.75, 3.05) is 13.2 Å². The Kier molecular flexibility index (Phi) is 15.9. The van der Waals surface area contributed by atoms with E-state index in [0.717, 1.165) is 24.6 Å². The first-order valence-electron chi connectivity index (χ1n) is 12.4. The van der Waals surface area contributed by atoms with Gasteiger partial charge >= 0.3 is 0 Å². The summed E-state index contributed by atoms with van der Waals surface area (Å²) in [7, 11) is 0. The van der Waals surface area contributed by atoms with Gasteiger partial charge in [-0.1, -0.05) is 78.1 Å². The highest BCUT2D eigenvalue weighted by molar-refractivity contribution is 5.11. The fourth-order valence-corrected chi connectivity index (χ4v) is 3.35. The lowest BCUT2D eigenvalue weighted by molar-refractivity contribution is 0.125. The van der Waals surface area contributed by atoms with Crippen molar-refractivity contribution in [3.8, 4) is 0 Å². The molecule has 2 heterocycles. The van der Waals surface area contributed by atoms with Crippen molar-refractivity contribution in [3.63, 3.8) is 0 Å². The topological polar surface area (TPSA) is 86.8 Å². The molecule has 178 valence electrons. The molecular weight excluding hydrogens is 388 g/mol. The number of H-pyrrole nitrogens is 2. The molecule has 0 spiro atoms. The van der Waals surface area contributed by atoms with E-state index in [9.17, 15) is 5.11 Å². The van der Waals surface area contributed by atoms with Crippen molar-refractivity contribution in [2.24, 2.45) is 0 Å². The van der Waals surface area contributed by atoms with Gasteiger partial charge < -0.3 is 19.8 Å². The number of aliphatic hydroxyl groups excluding tert-OH is 1. The van der Waals surface area contributed by atoms with Crippen LogP contribution in [0, 0.1) is 13.8 Å². The van der Waals surface area contributed by atoms with Gasteiger partial charge in [-0.15, -0.1) is 0 Å². The molecule has 6 nitrogen and oxygen atoms in total. The Bertz CT molecular complexity index is 599. The second-order valence-corrected chi connectivity index (χ2v) is 8.40. The van der Waals surface area contributed by atoms with Gasteiger partial charge in [-0.3, -0.25) is 0 Å². The Hall–Kier alpha value is -1.66. The molecule has 0 unspecified atom stereocenters. The highest BCUT2D eigenvalue weighted by atomic mass is 16.5. The van der Waals surface area contributed by atoms with E-state index in [0.29, 0.717) is 11.6 Å². The monoisotopic (exact) mass is 434 g/mol. The maximum atomic E-state index is 9.83. The molecule has 0 aromatic carbocycles. The zero-order valence-electron chi connectivity index (χ0n) is 20.4. The predicted octanol–water partition coefficient (Wildman–Crippen LogP) is 6.56. The van der Waals surface area contributed by atoms with Gasteiger partial charge in [0.15, 0.2) is 6.10 Å². The normalized spacial score (nSPS) is 11.0. The van der Waals surface area contributed by atoms with Crippen molar-refractivity contribution >= 4 is 0 Å². The number of aryl methyl sites for hydroxylation is 2. The fraction of sp³-hybridized carbons (Fsp3) is 0.760. The van der Waals surface area contributed by atoms with E-state index in [4.69, 9.17) is 4.74 Å². The summed E-state index contributed by atoms with van der Waals surface area (Å²) in [5.74, 6) is 1.02. The maximum Gasteiger partial charge on any atom is 0.169 e. The van der Waals surface area contributed by atoms with Crippen LogP contribution in [0.25, 0.3) is 0 Å².